The Morgan fingerprint density at radius 2 is 1.93 bits per heavy atom. The molecule has 0 amide bonds. The van der Waals surface area contributed by atoms with E-state index in [1.54, 1.807) is 25.3 Å². The predicted octanol–water partition coefficient (Wildman–Crippen LogP) is 4.78. The minimum absolute atomic E-state index is 0.164. The normalized spacial score (nSPS) is 16.7. The molecule has 0 aliphatic carbocycles. The summed E-state index contributed by atoms with van der Waals surface area (Å²) in [6.07, 6.45) is 6.90. The summed E-state index contributed by atoms with van der Waals surface area (Å²) in [5.74, 6) is 1.63. The highest BCUT2D eigenvalue weighted by molar-refractivity contribution is 5.88. The van der Waals surface area contributed by atoms with Crippen LogP contribution in [-0.4, -0.2) is 26.0 Å². The smallest absolute Gasteiger partial charge is 0.336 e. The first-order valence-corrected chi connectivity index (χ1v) is 9.63. The van der Waals surface area contributed by atoms with Crippen molar-refractivity contribution in [1.82, 2.24) is 0 Å². The largest absolute Gasteiger partial charge is 0.496 e. The standard InChI is InChI=1S/C23H26O5/c1-3-18-16-20(12-13-21(18)25-2)27-22(24)14-9-17-7-10-19(11-8-17)28-23-6-4-5-15-26-23/h7-14,16,23H,3-6,15H2,1-2H3/b14-9+. The second kappa shape index (κ2) is 9.95. The molecule has 1 aliphatic heterocycles. The average molecular weight is 382 g/mol. The van der Waals surface area contributed by atoms with Gasteiger partial charge in [-0.05, 0) is 66.8 Å². The fourth-order valence-corrected chi connectivity index (χ4v) is 3.02. The van der Waals surface area contributed by atoms with Crippen LogP contribution >= 0.6 is 0 Å². The second-order valence-corrected chi connectivity index (χ2v) is 6.56. The first-order chi connectivity index (χ1) is 13.7. The minimum Gasteiger partial charge on any atom is -0.496 e. The zero-order valence-electron chi connectivity index (χ0n) is 16.4. The van der Waals surface area contributed by atoms with E-state index in [0.717, 1.165) is 54.9 Å². The number of rotatable bonds is 7. The summed E-state index contributed by atoms with van der Waals surface area (Å²) in [5.41, 5.74) is 1.88. The van der Waals surface area contributed by atoms with Crippen LogP contribution in [0.4, 0.5) is 0 Å². The average Bonchev–Trinajstić information content (AvgIpc) is 2.74. The van der Waals surface area contributed by atoms with E-state index in [1.807, 2.05) is 37.3 Å². The van der Waals surface area contributed by atoms with Crippen molar-refractivity contribution in [3.05, 3.63) is 59.7 Å². The van der Waals surface area contributed by atoms with Gasteiger partial charge in [-0.25, -0.2) is 4.79 Å². The lowest BCUT2D eigenvalue weighted by Gasteiger charge is -2.23. The molecule has 148 valence electrons. The first kappa shape index (κ1) is 20.0. The number of methoxy groups -OCH3 is 1. The van der Waals surface area contributed by atoms with Gasteiger partial charge in [0, 0.05) is 12.5 Å². The lowest BCUT2D eigenvalue weighted by Crippen LogP contribution is -2.24. The van der Waals surface area contributed by atoms with Crippen molar-refractivity contribution in [2.24, 2.45) is 0 Å². The molecule has 1 saturated heterocycles. The number of hydrogen-bond acceptors (Lipinski definition) is 5. The molecule has 5 heteroatoms. The Morgan fingerprint density at radius 3 is 2.61 bits per heavy atom. The maximum absolute atomic E-state index is 12.1. The third-order valence-electron chi connectivity index (χ3n) is 4.55. The van der Waals surface area contributed by atoms with E-state index in [4.69, 9.17) is 18.9 Å². The number of esters is 1. The zero-order chi connectivity index (χ0) is 19.8. The van der Waals surface area contributed by atoms with Crippen LogP contribution in [0.2, 0.25) is 0 Å². The molecule has 0 bridgehead atoms. The van der Waals surface area contributed by atoms with Gasteiger partial charge in [0.25, 0.3) is 0 Å². The molecule has 0 spiro atoms. The van der Waals surface area contributed by atoms with Gasteiger partial charge in [0.2, 0.25) is 0 Å². The van der Waals surface area contributed by atoms with E-state index in [0.29, 0.717) is 5.75 Å². The van der Waals surface area contributed by atoms with Crippen LogP contribution in [0.3, 0.4) is 0 Å². The van der Waals surface area contributed by atoms with E-state index in [-0.39, 0.29) is 6.29 Å². The van der Waals surface area contributed by atoms with E-state index < -0.39 is 5.97 Å². The monoisotopic (exact) mass is 382 g/mol. The molecule has 3 rings (SSSR count). The third-order valence-corrected chi connectivity index (χ3v) is 4.55. The molecule has 0 aromatic heterocycles. The SMILES string of the molecule is CCc1cc(OC(=O)/C=C/c2ccc(OC3CCCCO3)cc2)ccc1OC. The van der Waals surface area contributed by atoms with E-state index in [9.17, 15) is 4.79 Å². The third kappa shape index (κ3) is 5.60. The molecule has 1 heterocycles. The number of ether oxygens (including phenoxy) is 4. The lowest BCUT2D eigenvalue weighted by atomic mass is 10.1. The summed E-state index contributed by atoms with van der Waals surface area (Å²) in [5, 5.41) is 0. The molecular formula is C23H26O5. The molecule has 2 aromatic carbocycles. The van der Waals surface area contributed by atoms with Crippen LogP contribution in [-0.2, 0) is 16.0 Å². The van der Waals surface area contributed by atoms with Crippen molar-refractivity contribution in [3.8, 4) is 17.2 Å². The van der Waals surface area contributed by atoms with Crippen LogP contribution in [0, 0.1) is 0 Å². The summed E-state index contributed by atoms with van der Waals surface area (Å²) in [4.78, 5) is 12.1. The molecule has 2 aromatic rings. The summed E-state index contributed by atoms with van der Waals surface area (Å²) in [6, 6.07) is 12.9. The molecule has 5 nitrogen and oxygen atoms in total. The van der Waals surface area contributed by atoms with Crippen LogP contribution in [0.15, 0.2) is 48.5 Å². The van der Waals surface area contributed by atoms with Crippen molar-refractivity contribution in [1.29, 1.82) is 0 Å². The molecule has 28 heavy (non-hydrogen) atoms. The Bertz CT molecular complexity index is 804. The van der Waals surface area contributed by atoms with Crippen molar-refractivity contribution in [3.63, 3.8) is 0 Å². The number of hydrogen-bond donors (Lipinski definition) is 0. The summed E-state index contributed by atoms with van der Waals surface area (Å²) in [6.45, 7) is 2.78. The minimum atomic E-state index is -0.428. The van der Waals surface area contributed by atoms with Gasteiger partial charge in [-0.3, -0.25) is 0 Å². The number of aryl methyl sites for hydroxylation is 1. The van der Waals surface area contributed by atoms with E-state index in [1.165, 1.54) is 6.08 Å². The van der Waals surface area contributed by atoms with Crippen LogP contribution in [0.1, 0.15) is 37.3 Å². The van der Waals surface area contributed by atoms with Gasteiger partial charge in [0.1, 0.15) is 17.2 Å². The van der Waals surface area contributed by atoms with Crippen molar-refractivity contribution in [2.75, 3.05) is 13.7 Å². The quantitative estimate of drug-likeness (QED) is 0.392. The van der Waals surface area contributed by atoms with Crippen molar-refractivity contribution in [2.45, 2.75) is 38.9 Å². The fraction of sp³-hybridized carbons (Fsp3) is 0.348. The highest BCUT2D eigenvalue weighted by Gasteiger charge is 2.14. The Hall–Kier alpha value is -2.79. The Morgan fingerprint density at radius 1 is 1.14 bits per heavy atom. The van der Waals surface area contributed by atoms with Gasteiger partial charge >= 0.3 is 5.97 Å². The molecule has 1 atom stereocenters. The molecule has 1 fully saturated rings. The first-order valence-electron chi connectivity index (χ1n) is 9.63. The number of carbonyl (C=O) groups is 1. The highest BCUT2D eigenvalue weighted by Crippen LogP contribution is 2.25. The van der Waals surface area contributed by atoms with Crippen LogP contribution in [0.25, 0.3) is 6.08 Å². The molecular weight excluding hydrogens is 356 g/mol. The predicted molar refractivity (Wildman–Crippen MR) is 108 cm³/mol. The molecule has 0 saturated carbocycles. The van der Waals surface area contributed by atoms with Gasteiger partial charge < -0.3 is 18.9 Å². The van der Waals surface area contributed by atoms with E-state index in [2.05, 4.69) is 0 Å². The maximum atomic E-state index is 12.1. The summed E-state index contributed by atoms with van der Waals surface area (Å²) >= 11 is 0. The van der Waals surface area contributed by atoms with Gasteiger partial charge in [0.05, 0.1) is 13.7 Å². The van der Waals surface area contributed by atoms with Crippen molar-refractivity contribution < 1.29 is 23.7 Å². The summed E-state index contributed by atoms with van der Waals surface area (Å²) < 4.78 is 22.0. The molecule has 1 unspecified atom stereocenters. The second-order valence-electron chi connectivity index (χ2n) is 6.56. The van der Waals surface area contributed by atoms with Crippen LogP contribution in [0.5, 0.6) is 17.2 Å². The van der Waals surface area contributed by atoms with E-state index >= 15 is 0 Å². The Labute approximate surface area is 165 Å². The highest BCUT2D eigenvalue weighted by atomic mass is 16.7. The fourth-order valence-electron chi connectivity index (χ4n) is 3.02. The molecule has 0 radical (unpaired) electrons. The van der Waals surface area contributed by atoms with Gasteiger partial charge in [0.15, 0.2) is 6.29 Å². The zero-order valence-corrected chi connectivity index (χ0v) is 16.4. The van der Waals surface area contributed by atoms with Gasteiger partial charge in [-0.1, -0.05) is 19.1 Å². The number of benzene rings is 2. The Balaban J connectivity index is 1.55. The molecule has 0 N–H and O–H groups in total. The van der Waals surface area contributed by atoms with Gasteiger partial charge in [-0.2, -0.15) is 0 Å². The topological polar surface area (TPSA) is 54.0 Å². The summed E-state index contributed by atoms with van der Waals surface area (Å²) in [7, 11) is 1.63. The number of carbonyl (C=O) groups excluding carboxylic acids is 1. The Kier molecular flexibility index (Phi) is 7.09. The lowest BCUT2D eigenvalue weighted by molar-refractivity contribution is -0.128. The van der Waals surface area contributed by atoms with Crippen molar-refractivity contribution >= 4 is 12.0 Å². The van der Waals surface area contributed by atoms with Gasteiger partial charge in [-0.15, -0.1) is 0 Å². The molecule has 1 aliphatic rings. The maximum Gasteiger partial charge on any atom is 0.336 e. The van der Waals surface area contributed by atoms with Crippen LogP contribution < -0.4 is 14.2 Å².